The van der Waals surface area contributed by atoms with Crippen LogP contribution >= 0.6 is 0 Å². The molecule has 0 spiro atoms. The van der Waals surface area contributed by atoms with Gasteiger partial charge in [0.05, 0.1) is 0 Å². The van der Waals surface area contributed by atoms with Crippen molar-refractivity contribution < 1.29 is 24.7 Å². The molecule has 14 heavy (non-hydrogen) atoms. The Morgan fingerprint density at radius 1 is 0.786 bits per heavy atom. The van der Waals surface area contributed by atoms with Crippen LogP contribution in [0.25, 0.3) is 0 Å². The summed E-state index contributed by atoms with van der Waals surface area (Å²) in [5.74, 6) is 0. The SMILES string of the molecule is CO[I-]c1c(N)c(N)c(N)c(N)c1N. The Kier molecular flexibility index (Phi) is 3.11. The summed E-state index contributed by atoms with van der Waals surface area (Å²) in [6.07, 6.45) is 0. The average molecular weight is 310 g/mol. The Hall–Kier alpha value is -1.09. The molecule has 0 bridgehead atoms. The van der Waals surface area contributed by atoms with Crippen LogP contribution in [0.15, 0.2) is 0 Å². The summed E-state index contributed by atoms with van der Waals surface area (Å²) in [4.78, 5) is 0. The van der Waals surface area contributed by atoms with Gasteiger partial charge in [0, 0.05) is 0 Å². The van der Waals surface area contributed by atoms with Crippen LogP contribution in [0.2, 0.25) is 0 Å². The van der Waals surface area contributed by atoms with Crippen molar-refractivity contribution in [2.24, 2.45) is 0 Å². The summed E-state index contributed by atoms with van der Waals surface area (Å²) in [5.41, 5.74) is 30.0. The quantitative estimate of drug-likeness (QED) is 0.283. The zero-order chi connectivity index (χ0) is 10.9. The monoisotopic (exact) mass is 310 g/mol. The summed E-state index contributed by atoms with van der Waals surface area (Å²) in [7, 11) is 1.58. The van der Waals surface area contributed by atoms with Crippen molar-refractivity contribution in [2.45, 2.75) is 0 Å². The molecule has 0 aliphatic rings. The van der Waals surface area contributed by atoms with Gasteiger partial charge in [0.25, 0.3) is 0 Å². The molecule has 7 heteroatoms. The van der Waals surface area contributed by atoms with E-state index in [9.17, 15) is 0 Å². The molecule has 0 fully saturated rings. The van der Waals surface area contributed by atoms with Gasteiger partial charge in [-0.15, -0.1) is 0 Å². The second-order valence-corrected chi connectivity index (χ2v) is 5.01. The van der Waals surface area contributed by atoms with Crippen LogP contribution in [0.4, 0.5) is 28.4 Å². The van der Waals surface area contributed by atoms with Gasteiger partial charge in [0.1, 0.15) is 0 Å². The normalized spacial score (nSPS) is 10.6. The molecule has 0 saturated carbocycles. The number of hydrogen-bond donors (Lipinski definition) is 5. The second kappa shape index (κ2) is 3.96. The molecule has 0 radical (unpaired) electrons. The van der Waals surface area contributed by atoms with Gasteiger partial charge in [0.15, 0.2) is 0 Å². The Balaban J connectivity index is 3.43. The Bertz CT molecular complexity index is 339. The van der Waals surface area contributed by atoms with Crippen molar-refractivity contribution in [2.75, 3.05) is 35.8 Å². The molecule has 0 saturated heterocycles. The third-order valence-corrected chi connectivity index (χ3v) is 3.83. The molecule has 0 atom stereocenters. The van der Waals surface area contributed by atoms with E-state index in [4.69, 9.17) is 31.7 Å². The van der Waals surface area contributed by atoms with Gasteiger partial charge < -0.3 is 0 Å². The van der Waals surface area contributed by atoms with E-state index in [1.165, 1.54) is 0 Å². The van der Waals surface area contributed by atoms with Crippen molar-refractivity contribution >= 4 is 28.4 Å². The summed E-state index contributed by atoms with van der Waals surface area (Å²) < 4.78 is 5.73. The topological polar surface area (TPSA) is 139 Å². The Labute approximate surface area is 92.5 Å². The first-order valence-corrected chi connectivity index (χ1v) is 5.65. The number of anilines is 5. The van der Waals surface area contributed by atoms with Crippen molar-refractivity contribution in [1.29, 1.82) is 0 Å². The number of halogens is 1. The second-order valence-electron chi connectivity index (χ2n) is 2.61. The van der Waals surface area contributed by atoms with E-state index in [1.54, 1.807) is 7.11 Å². The van der Waals surface area contributed by atoms with Crippen LogP contribution < -0.4 is 50.3 Å². The summed E-state index contributed by atoms with van der Waals surface area (Å²) in [6, 6.07) is 0. The molecule has 0 aliphatic heterocycles. The molecule has 1 aromatic carbocycles. The van der Waals surface area contributed by atoms with E-state index < -0.39 is 21.6 Å². The molecule has 0 heterocycles. The van der Waals surface area contributed by atoms with E-state index in [0.29, 0.717) is 14.9 Å². The summed E-state index contributed by atoms with van der Waals surface area (Å²) in [5, 5.41) is 0. The first-order chi connectivity index (χ1) is 6.50. The van der Waals surface area contributed by atoms with Crippen LogP contribution in [0, 0.1) is 3.57 Å². The van der Waals surface area contributed by atoms with E-state index in [1.807, 2.05) is 0 Å². The third kappa shape index (κ3) is 1.60. The van der Waals surface area contributed by atoms with Crippen molar-refractivity contribution in [3.8, 4) is 0 Å². The fourth-order valence-corrected chi connectivity index (χ4v) is 2.47. The van der Waals surface area contributed by atoms with Gasteiger partial charge in [-0.2, -0.15) is 0 Å². The molecule has 0 amide bonds. The van der Waals surface area contributed by atoms with Gasteiger partial charge in [0.2, 0.25) is 0 Å². The van der Waals surface area contributed by atoms with E-state index in [0.717, 1.165) is 0 Å². The van der Waals surface area contributed by atoms with Gasteiger partial charge in [-0.3, -0.25) is 0 Å². The van der Waals surface area contributed by atoms with Crippen LogP contribution in [0.1, 0.15) is 0 Å². The van der Waals surface area contributed by atoms with Crippen LogP contribution in [-0.4, -0.2) is 7.11 Å². The first-order valence-electron chi connectivity index (χ1n) is 3.69. The minimum absolute atomic E-state index is 0.240. The fraction of sp³-hybridized carbons (Fsp3) is 0.143. The Morgan fingerprint density at radius 3 is 1.50 bits per heavy atom. The molecule has 1 aromatic rings. The molecule has 1 rings (SSSR count). The average Bonchev–Trinajstić information content (AvgIpc) is 2.19. The maximum atomic E-state index is 5.75. The molecular weight excluding hydrogens is 297 g/mol. The van der Waals surface area contributed by atoms with Crippen LogP contribution in [0.3, 0.4) is 0 Å². The van der Waals surface area contributed by atoms with Crippen molar-refractivity contribution in [1.82, 2.24) is 0 Å². The van der Waals surface area contributed by atoms with Crippen LogP contribution in [0.5, 0.6) is 0 Å². The van der Waals surface area contributed by atoms with Crippen molar-refractivity contribution in [3.63, 3.8) is 0 Å². The molecule has 6 nitrogen and oxygen atoms in total. The third-order valence-electron chi connectivity index (χ3n) is 1.79. The first kappa shape index (κ1) is 11.0. The number of nitrogen functional groups attached to an aromatic ring is 5. The molecule has 0 aliphatic carbocycles. The standard InChI is InChI=1S/C7H13IN5O/c1-14-8-2-3(9)5(11)7(13)6(12)4(2)10/h9-13H2,1H3/q-1. The Morgan fingerprint density at radius 2 is 1.14 bits per heavy atom. The van der Waals surface area contributed by atoms with Gasteiger partial charge in [-0.1, -0.05) is 0 Å². The molecule has 0 unspecified atom stereocenters. The predicted molar refractivity (Wildman–Crippen MR) is 54.2 cm³/mol. The number of rotatable bonds is 2. The predicted octanol–water partition coefficient (Wildman–Crippen LogP) is -3.58. The van der Waals surface area contributed by atoms with E-state index in [2.05, 4.69) is 0 Å². The molecule has 10 N–H and O–H groups in total. The van der Waals surface area contributed by atoms with Crippen LogP contribution in [-0.2, 0) is 3.07 Å². The number of nitrogens with two attached hydrogens (primary N) is 5. The van der Waals surface area contributed by atoms with E-state index in [-0.39, 0.29) is 17.1 Å². The molecule has 0 aromatic heterocycles. The zero-order valence-corrected chi connectivity index (χ0v) is 9.83. The van der Waals surface area contributed by atoms with Gasteiger partial charge >= 0.3 is 92.5 Å². The molecule has 80 valence electrons. The van der Waals surface area contributed by atoms with Crippen molar-refractivity contribution in [3.05, 3.63) is 3.57 Å². The van der Waals surface area contributed by atoms with E-state index >= 15 is 0 Å². The zero-order valence-electron chi connectivity index (χ0n) is 7.67. The minimum atomic E-state index is -0.725. The number of benzene rings is 1. The van der Waals surface area contributed by atoms with Gasteiger partial charge in [-0.25, -0.2) is 0 Å². The summed E-state index contributed by atoms with van der Waals surface area (Å²) in [6.45, 7) is 0. The maximum absolute atomic E-state index is 5.75. The number of hydrogen-bond acceptors (Lipinski definition) is 6. The van der Waals surface area contributed by atoms with Gasteiger partial charge in [-0.05, 0) is 0 Å². The fourth-order valence-electron chi connectivity index (χ4n) is 0.977. The summed E-state index contributed by atoms with van der Waals surface area (Å²) >= 11 is -0.725. The molecular formula is C7H13IN5O-.